The van der Waals surface area contributed by atoms with Crippen LogP contribution >= 0.6 is 11.3 Å². The van der Waals surface area contributed by atoms with Gasteiger partial charge in [-0.25, -0.2) is 13.2 Å². The molecule has 1 atom stereocenters. The van der Waals surface area contributed by atoms with Crippen LogP contribution in [0.15, 0.2) is 29.2 Å². The Bertz CT molecular complexity index is 1180. The third kappa shape index (κ3) is 5.45. The van der Waals surface area contributed by atoms with Crippen LogP contribution in [0, 0.1) is 0 Å². The Morgan fingerprint density at radius 2 is 1.74 bits per heavy atom. The van der Waals surface area contributed by atoms with E-state index in [1.807, 2.05) is 0 Å². The van der Waals surface area contributed by atoms with Crippen LogP contribution < -0.4 is 10.2 Å². The van der Waals surface area contributed by atoms with Crippen molar-refractivity contribution in [3.8, 4) is 0 Å². The number of sulfonamides is 1. The smallest absolute Gasteiger partial charge is 0.341 e. The molecule has 3 heterocycles. The molecule has 4 rings (SSSR count). The highest BCUT2D eigenvalue weighted by Gasteiger charge is 2.32. The van der Waals surface area contributed by atoms with Crippen molar-refractivity contribution in [1.29, 1.82) is 0 Å². The van der Waals surface area contributed by atoms with Crippen molar-refractivity contribution in [2.75, 3.05) is 32.1 Å². The number of anilines is 1. The van der Waals surface area contributed by atoms with Crippen LogP contribution in [0.2, 0.25) is 0 Å². The van der Waals surface area contributed by atoms with Crippen molar-refractivity contribution in [2.45, 2.75) is 63.4 Å². The van der Waals surface area contributed by atoms with Crippen LogP contribution in [0.1, 0.15) is 70.7 Å². The van der Waals surface area contributed by atoms with Gasteiger partial charge >= 0.3 is 5.97 Å². The molecule has 1 saturated heterocycles. The lowest BCUT2D eigenvalue weighted by Gasteiger charge is -2.27. The molecule has 1 aromatic heterocycles. The quantitative estimate of drug-likeness (QED) is 0.571. The fourth-order valence-corrected chi connectivity index (χ4v) is 7.58. The number of carbonyl (C=O) groups is 2. The van der Waals surface area contributed by atoms with Crippen LogP contribution in [0.25, 0.3) is 0 Å². The second-order valence-corrected chi connectivity index (χ2v) is 12.5. The standard InChI is InChI=1S/C25H33N3O5S2/c1-17(2)27-15-12-20-21(16-27)34-24(22(20)25(30)33-3)26-23(29)18-8-10-19(11-9-18)35(31,32)28-13-6-4-5-7-14-28/h8-11,17H,4-7,12-16H2,1-3H3,(H,26,29)/p+1. The summed E-state index contributed by atoms with van der Waals surface area (Å²) in [5.41, 5.74) is 1.72. The lowest BCUT2D eigenvalue weighted by Crippen LogP contribution is -3.14. The average molecular weight is 521 g/mol. The van der Waals surface area contributed by atoms with E-state index in [0.717, 1.165) is 55.6 Å². The molecule has 1 fully saturated rings. The number of quaternary nitrogens is 1. The van der Waals surface area contributed by atoms with E-state index < -0.39 is 16.0 Å². The Hall–Kier alpha value is -2.27. The van der Waals surface area contributed by atoms with E-state index in [1.165, 1.54) is 51.9 Å². The molecule has 10 heteroatoms. The number of thiophene rings is 1. The molecule has 0 radical (unpaired) electrons. The molecular formula is C25H34N3O5S2+. The first-order valence-electron chi connectivity index (χ1n) is 12.2. The minimum atomic E-state index is -3.58. The maximum absolute atomic E-state index is 13.0. The third-order valence-electron chi connectivity index (χ3n) is 6.93. The predicted octanol–water partition coefficient (Wildman–Crippen LogP) is 2.70. The third-order valence-corrected chi connectivity index (χ3v) is 9.99. The van der Waals surface area contributed by atoms with Crippen molar-refractivity contribution >= 4 is 38.2 Å². The van der Waals surface area contributed by atoms with Crippen LogP contribution in [0.5, 0.6) is 0 Å². The summed E-state index contributed by atoms with van der Waals surface area (Å²) in [6.45, 7) is 7.13. The zero-order chi connectivity index (χ0) is 25.2. The second kappa shape index (κ2) is 10.8. The molecule has 2 N–H and O–H groups in total. The number of carbonyl (C=O) groups excluding carboxylic acids is 2. The van der Waals surface area contributed by atoms with Gasteiger partial charge in [-0.2, -0.15) is 4.31 Å². The number of fused-ring (bicyclic) bond motifs is 1. The molecular weight excluding hydrogens is 486 g/mol. The number of hydrogen-bond acceptors (Lipinski definition) is 6. The molecule has 1 amide bonds. The van der Waals surface area contributed by atoms with E-state index in [9.17, 15) is 18.0 Å². The fourth-order valence-electron chi connectivity index (χ4n) is 4.78. The fraction of sp³-hybridized carbons (Fsp3) is 0.520. The maximum Gasteiger partial charge on any atom is 0.341 e. The summed E-state index contributed by atoms with van der Waals surface area (Å²) >= 11 is 1.42. The summed E-state index contributed by atoms with van der Waals surface area (Å²) in [7, 11) is -2.24. The SMILES string of the molecule is COC(=O)c1c(NC(=O)c2ccc(S(=O)(=O)N3CCCCCC3)cc2)sc2c1CC[NH+](C(C)C)C2. The lowest BCUT2D eigenvalue weighted by molar-refractivity contribution is -0.936. The van der Waals surface area contributed by atoms with Gasteiger partial charge in [0.25, 0.3) is 5.91 Å². The molecule has 1 aromatic carbocycles. The molecule has 2 aliphatic heterocycles. The average Bonchev–Trinajstić information content (AvgIpc) is 3.00. The minimum absolute atomic E-state index is 0.189. The van der Waals surface area contributed by atoms with Crippen molar-refractivity contribution in [3.05, 3.63) is 45.8 Å². The predicted molar refractivity (Wildman–Crippen MR) is 136 cm³/mol. The number of amides is 1. The number of methoxy groups -OCH3 is 1. The van der Waals surface area contributed by atoms with E-state index in [0.29, 0.717) is 35.3 Å². The summed E-state index contributed by atoms with van der Waals surface area (Å²) in [5, 5.41) is 3.37. The van der Waals surface area contributed by atoms with Gasteiger partial charge in [0, 0.05) is 25.1 Å². The Morgan fingerprint density at radius 3 is 2.34 bits per heavy atom. The minimum Gasteiger partial charge on any atom is -0.465 e. The number of hydrogen-bond donors (Lipinski definition) is 2. The summed E-state index contributed by atoms with van der Waals surface area (Å²) in [5.74, 6) is -0.842. The van der Waals surface area contributed by atoms with E-state index in [1.54, 1.807) is 0 Å². The largest absolute Gasteiger partial charge is 0.465 e. The number of ether oxygens (including phenoxy) is 1. The Morgan fingerprint density at radius 1 is 1.09 bits per heavy atom. The van der Waals surface area contributed by atoms with Crippen molar-refractivity contribution in [2.24, 2.45) is 0 Å². The highest BCUT2D eigenvalue weighted by atomic mass is 32.2. The van der Waals surface area contributed by atoms with Crippen molar-refractivity contribution in [3.63, 3.8) is 0 Å². The zero-order valence-electron chi connectivity index (χ0n) is 20.6. The summed E-state index contributed by atoms with van der Waals surface area (Å²) < 4.78 is 32.6. The van der Waals surface area contributed by atoms with Gasteiger partial charge in [-0.15, -0.1) is 11.3 Å². The van der Waals surface area contributed by atoms with Gasteiger partial charge in [-0.05, 0) is 56.5 Å². The van der Waals surface area contributed by atoms with Gasteiger partial charge in [0.1, 0.15) is 11.5 Å². The maximum atomic E-state index is 13.0. The molecule has 1 unspecified atom stereocenters. The van der Waals surface area contributed by atoms with Crippen LogP contribution in [0.3, 0.4) is 0 Å². The van der Waals surface area contributed by atoms with Crippen molar-refractivity contribution in [1.82, 2.24) is 4.31 Å². The van der Waals surface area contributed by atoms with Gasteiger partial charge in [0.2, 0.25) is 10.0 Å². The van der Waals surface area contributed by atoms with Gasteiger partial charge in [-0.3, -0.25) is 4.79 Å². The van der Waals surface area contributed by atoms with E-state index in [-0.39, 0.29) is 10.8 Å². The Balaban J connectivity index is 1.54. The Labute approximate surface area is 211 Å². The van der Waals surface area contributed by atoms with E-state index in [2.05, 4.69) is 19.2 Å². The highest BCUT2D eigenvalue weighted by molar-refractivity contribution is 7.89. The van der Waals surface area contributed by atoms with Crippen LogP contribution in [-0.2, 0) is 27.7 Å². The molecule has 2 aromatic rings. The molecule has 35 heavy (non-hydrogen) atoms. The van der Waals surface area contributed by atoms with Crippen LogP contribution in [-0.4, -0.2) is 57.4 Å². The first-order chi connectivity index (χ1) is 16.7. The summed E-state index contributed by atoms with van der Waals surface area (Å²) in [6.07, 6.45) is 4.57. The normalized spacial score (nSPS) is 19.1. The summed E-state index contributed by atoms with van der Waals surface area (Å²) in [4.78, 5) is 28.4. The highest BCUT2D eigenvalue weighted by Crippen LogP contribution is 2.35. The topological polar surface area (TPSA) is 97.2 Å². The molecule has 2 aliphatic rings. The number of nitrogens with one attached hydrogen (secondary N) is 2. The molecule has 0 aliphatic carbocycles. The Kier molecular flexibility index (Phi) is 7.95. The number of benzene rings is 1. The molecule has 190 valence electrons. The summed E-state index contributed by atoms with van der Waals surface area (Å²) in [6, 6.07) is 6.49. The monoisotopic (exact) mass is 520 g/mol. The van der Waals surface area contributed by atoms with Gasteiger partial charge in [0.05, 0.1) is 35.0 Å². The number of esters is 1. The molecule has 8 nitrogen and oxygen atoms in total. The number of nitrogens with zero attached hydrogens (tertiary/aromatic N) is 1. The lowest BCUT2D eigenvalue weighted by atomic mass is 10.0. The van der Waals surface area contributed by atoms with Gasteiger partial charge < -0.3 is 15.0 Å². The molecule has 0 spiro atoms. The molecule has 0 bridgehead atoms. The second-order valence-electron chi connectivity index (χ2n) is 9.49. The van der Waals surface area contributed by atoms with Crippen molar-refractivity contribution < 1.29 is 27.6 Å². The first-order valence-corrected chi connectivity index (χ1v) is 14.5. The van der Waals surface area contributed by atoms with E-state index in [4.69, 9.17) is 4.74 Å². The number of rotatable bonds is 6. The van der Waals surface area contributed by atoms with E-state index >= 15 is 0 Å². The molecule has 0 saturated carbocycles. The van der Waals surface area contributed by atoms with Gasteiger partial charge in [0.15, 0.2) is 0 Å². The van der Waals surface area contributed by atoms with Gasteiger partial charge in [-0.1, -0.05) is 12.8 Å². The zero-order valence-corrected chi connectivity index (χ0v) is 22.2. The van der Waals surface area contributed by atoms with Crippen LogP contribution in [0.4, 0.5) is 5.00 Å². The first kappa shape index (κ1) is 25.8.